The van der Waals surface area contributed by atoms with Gasteiger partial charge in [-0.1, -0.05) is 11.6 Å². The molecule has 0 radical (unpaired) electrons. The normalized spacial score (nSPS) is 24.3. The molecule has 3 aromatic rings. The van der Waals surface area contributed by atoms with Crippen LogP contribution in [-0.2, 0) is 14.4 Å². The molecule has 0 bridgehead atoms. The number of nitriles is 1. The van der Waals surface area contributed by atoms with Crippen molar-refractivity contribution in [1.29, 1.82) is 5.26 Å². The highest BCUT2D eigenvalue weighted by atomic mass is 35.5. The Labute approximate surface area is 333 Å². The second-order valence-corrected chi connectivity index (χ2v) is 15.7. The van der Waals surface area contributed by atoms with Crippen molar-refractivity contribution in [2.24, 2.45) is 5.92 Å². The number of aromatic nitrogens is 2. The summed E-state index contributed by atoms with van der Waals surface area (Å²) in [6, 6.07) is 14.3. The van der Waals surface area contributed by atoms with Crippen molar-refractivity contribution in [3.05, 3.63) is 70.2 Å². The van der Waals surface area contributed by atoms with E-state index in [0.29, 0.717) is 29.5 Å². The van der Waals surface area contributed by atoms with Gasteiger partial charge in [0.25, 0.3) is 17.7 Å². The maximum atomic E-state index is 15.7. The number of piperidine rings is 2. The zero-order valence-corrected chi connectivity index (χ0v) is 31.8. The lowest BCUT2D eigenvalue weighted by Crippen LogP contribution is -2.54. The van der Waals surface area contributed by atoms with E-state index >= 15 is 4.39 Å². The summed E-state index contributed by atoms with van der Waals surface area (Å²) in [5.74, 6) is -1.04. The predicted molar refractivity (Wildman–Crippen MR) is 206 cm³/mol. The van der Waals surface area contributed by atoms with Crippen molar-refractivity contribution >= 4 is 58.5 Å². The molecule has 5 amide bonds. The van der Waals surface area contributed by atoms with E-state index in [1.165, 1.54) is 12.1 Å². The van der Waals surface area contributed by atoms with E-state index in [2.05, 4.69) is 35.5 Å². The van der Waals surface area contributed by atoms with E-state index in [0.717, 1.165) is 69.2 Å². The lowest BCUT2D eigenvalue weighted by molar-refractivity contribution is -0.136. The second kappa shape index (κ2) is 15.7. The van der Waals surface area contributed by atoms with Crippen LogP contribution in [0.15, 0.2) is 48.5 Å². The average molecular weight is 798 g/mol. The van der Waals surface area contributed by atoms with Crippen molar-refractivity contribution in [3.8, 4) is 11.8 Å². The third-order valence-electron chi connectivity index (χ3n) is 11.7. The molecule has 3 atom stereocenters. The first-order valence-corrected chi connectivity index (χ1v) is 19.6. The topological polar surface area (TPSA) is 181 Å². The van der Waals surface area contributed by atoms with Crippen molar-refractivity contribution in [2.45, 2.75) is 62.8 Å². The number of halogens is 2. The van der Waals surface area contributed by atoms with E-state index in [1.807, 2.05) is 12.1 Å². The van der Waals surface area contributed by atoms with Crippen LogP contribution in [0.5, 0.6) is 5.75 Å². The van der Waals surface area contributed by atoms with E-state index in [-0.39, 0.29) is 47.7 Å². The number of anilines is 3. The number of alkyl halides is 1. The molecule has 5 heterocycles. The third-order valence-corrected chi connectivity index (χ3v) is 12.0. The van der Waals surface area contributed by atoms with Gasteiger partial charge < -0.3 is 19.9 Å². The molecule has 3 saturated heterocycles. The zero-order chi connectivity index (χ0) is 39.8. The van der Waals surface area contributed by atoms with E-state index in [4.69, 9.17) is 21.6 Å². The maximum Gasteiger partial charge on any atom is 0.263 e. The summed E-state index contributed by atoms with van der Waals surface area (Å²) in [6.45, 7) is 5.82. The number of hydrogen-bond acceptors (Lipinski definition) is 12. The van der Waals surface area contributed by atoms with Gasteiger partial charge >= 0.3 is 0 Å². The standard InChI is InChI=1S/C40H41ClFN9O6/c41-31-20-27(3-1-25(31)22-43)57-28-9-12-40(42,21-28)39(56)44-33-6-7-34(47-46-33)50-13-10-24(11-14-50)23-48-15-17-49(18-16-48)26-2-4-29-30(19-26)38(55)51(37(29)54)32-5-8-35(52)45-36(32)53/h1-4,6-7,19-20,24,28,32H,5,8-18,21,23H2,(H,44,46,56)(H,45,52,53). The summed E-state index contributed by atoms with van der Waals surface area (Å²) in [6.07, 6.45) is 1.85. The van der Waals surface area contributed by atoms with Crippen molar-refractivity contribution in [2.75, 3.05) is 60.9 Å². The van der Waals surface area contributed by atoms with Crippen LogP contribution in [0.2, 0.25) is 5.02 Å². The Balaban J connectivity index is 0.772. The number of ether oxygens (including phenoxy) is 1. The molecule has 57 heavy (non-hydrogen) atoms. The molecule has 5 aliphatic rings. The SMILES string of the molecule is N#Cc1ccc(OC2CCC(F)(C(=O)Nc3ccc(N4CCC(CN5CCN(c6ccc7c(c6)C(=O)N(C6CCC(=O)NC6=O)C7=O)CC5)CC4)nn3)C2)cc1Cl. The summed E-state index contributed by atoms with van der Waals surface area (Å²) >= 11 is 6.09. The largest absolute Gasteiger partial charge is 0.490 e. The van der Waals surface area contributed by atoms with Gasteiger partial charge in [0.05, 0.1) is 21.7 Å². The average Bonchev–Trinajstić information content (AvgIpc) is 3.71. The Bertz CT molecular complexity index is 2150. The number of amides is 5. The first-order chi connectivity index (χ1) is 27.5. The van der Waals surface area contributed by atoms with Crippen molar-refractivity contribution < 1.29 is 33.1 Å². The molecule has 17 heteroatoms. The van der Waals surface area contributed by atoms with Crippen LogP contribution in [0.25, 0.3) is 0 Å². The Hall–Kier alpha value is -5.66. The summed E-state index contributed by atoms with van der Waals surface area (Å²) in [7, 11) is 0. The van der Waals surface area contributed by atoms with E-state index in [1.54, 1.807) is 30.3 Å². The van der Waals surface area contributed by atoms with Gasteiger partial charge in [-0.05, 0) is 80.5 Å². The van der Waals surface area contributed by atoms with Crippen LogP contribution >= 0.6 is 11.6 Å². The van der Waals surface area contributed by atoms with Crippen LogP contribution < -0.4 is 25.2 Å². The van der Waals surface area contributed by atoms with Crippen molar-refractivity contribution in [1.82, 2.24) is 25.3 Å². The molecule has 4 aliphatic heterocycles. The lowest BCUT2D eigenvalue weighted by atomic mass is 9.96. The fraction of sp³-hybridized carbons (Fsp3) is 0.450. The predicted octanol–water partition coefficient (Wildman–Crippen LogP) is 3.72. The van der Waals surface area contributed by atoms with Gasteiger partial charge in [-0.15, -0.1) is 10.2 Å². The quantitative estimate of drug-likeness (QED) is 0.300. The second-order valence-electron chi connectivity index (χ2n) is 15.3. The van der Waals surface area contributed by atoms with Gasteiger partial charge in [0.2, 0.25) is 11.8 Å². The molecule has 1 aromatic heterocycles. The van der Waals surface area contributed by atoms with Crippen LogP contribution in [0.1, 0.15) is 71.2 Å². The monoisotopic (exact) mass is 797 g/mol. The maximum absolute atomic E-state index is 15.7. The number of carbonyl (C=O) groups is 5. The van der Waals surface area contributed by atoms with Crippen LogP contribution in [0, 0.1) is 17.2 Å². The fourth-order valence-electron chi connectivity index (χ4n) is 8.46. The first kappa shape index (κ1) is 38.2. The highest BCUT2D eigenvalue weighted by Gasteiger charge is 2.47. The van der Waals surface area contributed by atoms with E-state index in [9.17, 15) is 24.0 Å². The number of fused-ring (bicyclic) bond motifs is 1. The van der Waals surface area contributed by atoms with Gasteiger partial charge in [0.1, 0.15) is 24.0 Å². The Morgan fingerprint density at radius 1 is 0.930 bits per heavy atom. The van der Waals surface area contributed by atoms with Gasteiger partial charge in [0, 0.05) is 70.4 Å². The van der Waals surface area contributed by atoms with Crippen LogP contribution in [-0.4, -0.2) is 113 Å². The molecule has 1 aliphatic carbocycles. The minimum Gasteiger partial charge on any atom is -0.490 e. The fourth-order valence-corrected chi connectivity index (χ4v) is 8.67. The molecular weight excluding hydrogens is 757 g/mol. The summed E-state index contributed by atoms with van der Waals surface area (Å²) in [5.41, 5.74) is -0.395. The van der Waals surface area contributed by atoms with Gasteiger partial charge in [0.15, 0.2) is 17.3 Å². The highest BCUT2D eigenvalue weighted by molar-refractivity contribution is 6.31. The minimum atomic E-state index is -2.12. The number of nitrogens with zero attached hydrogens (tertiary/aromatic N) is 7. The number of carbonyl (C=O) groups excluding carboxylic acids is 5. The highest BCUT2D eigenvalue weighted by Crippen LogP contribution is 2.38. The Kier molecular flexibility index (Phi) is 10.5. The molecule has 296 valence electrons. The summed E-state index contributed by atoms with van der Waals surface area (Å²) in [4.78, 5) is 71.2. The number of benzene rings is 2. The first-order valence-electron chi connectivity index (χ1n) is 19.3. The molecule has 15 nitrogen and oxygen atoms in total. The molecule has 1 saturated carbocycles. The van der Waals surface area contributed by atoms with E-state index < -0.39 is 47.4 Å². The van der Waals surface area contributed by atoms with Crippen LogP contribution in [0.4, 0.5) is 21.7 Å². The van der Waals surface area contributed by atoms with Gasteiger partial charge in [-0.2, -0.15) is 5.26 Å². The Morgan fingerprint density at radius 2 is 1.70 bits per heavy atom. The number of imide groups is 2. The number of nitrogens with one attached hydrogen (secondary N) is 2. The molecule has 8 rings (SSSR count). The molecule has 2 aromatic carbocycles. The number of piperazine rings is 1. The summed E-state index contributed by atoms with van der Waals surface area (Å²) in [5, 5.41) is 22.6. The van der Waals surface area contributed by atoms with Crippen molar-refractivity contribution in [3.63, 3.8) is 0 Å². The van der Waals surface area contributed by atoms with Gasteiger partial charge in [-0.3, -0.25) is 39.1 Å². The van der Waals surface area contributed by atoms with Crippen LogP contribution in [0.3, 0.4) is 0 Å². The van der Waals surface area contributed by atoms with Gasteiger partial charge in [-0.25, -0.2) is 4.39 Å². The molecule has 3 unspecified atom stereocenters. The summed E-state index contributed by atoms with van der Waals surface area (Å²) < 4.78 is 21.6. The smallest absolute Gasteiger partial charge is 0.263 e. The molecule has 0 spiro atoms. The Morgan fingerprint density at radius 3 is 2.40 bits per heavy atom. The molecular formula is C40H41ClFN9O6. The number of rotatable bonds is 9. The molecule has 4 fully saturated rings. The minimum absolute atomic E-state index is 0.00172. The third kappa shape index (κ3) is 7.86. The lowest BCUT2D eigenvalue weighted by Gasteiger charge is -2.39. The number of hydrogen-bond donors (Lipinski definition) is 2. The zero-order valence-electron chi connectivity index (χ0n) is 31.1. The molecule has 2 N–H and O–H groups in total.